The lowest BCUT2D eigenvalue weighted by Crippen LogP contribution is -2.46. The predicted molar refractivity (Wildman–Crippen MR) is 98.7 cm³/mol. The lowest BCUT2D eigenvalue weighted by molar-refractivity contribution is -0.132. The molecule has 1 aliphatic heterocycles. The number of nitrogens with zero attached hydrogens (tertiary/aromatic N) is 5. The highest BCUT2D eigenvalue weighted by Crippen LogP contribution is 2.26. The average molecular weight is 355 g/mol. The number of hydrogen-bond donors (Lipinski definition) is 1. The van der Waals surface area contributed by atoms with Gasteiger partial charge in [-0.3, -0.25) is 9.78 Å². The molecule has 0 aliphatic carbocycles. The SMILES string of the molecule is Cc1cc(N2CC[C@@](O)(CN(C)C(=O)CCc3cccnc3)C2)ncn1. The van der Waals surface area contributed by atoms with E-state index >= 15 is 0 Å². The maximum atomic E-state index is 12.4. The number of aromatic nitrogens is 3. The van der Waals surface area contributed by atoms with Crippen LogP contribution in [0.4, 0.5) is 5.82 Å². The highest BCUT2D eigenvalue weighted by Gasteiger charge is 2.38. The Balaban J connectivity index is 1.53. The van der Waals surface area contributed by atoms with E-state index in [1.54, 1.807) is 24.3 Å². The normalized spacial score (nSPS) is 19.6. The molecule has 0 radical (unpaired) electrons. The molecule has 1 amide bonds. The van der Waals surface area contributed by atoms with Crippen molar-refractivity contribution in [1.82, 2.24) is 19.9 Å². The van der Waals surface area contributed by atoms with E-state index in [-0.39, 0.29) is 5.91 Å². The molecule has 138 valence electrons. The summed E-state index contributed by atoms with van der Waals surface area (Å²) >= 11 is 0. The van der Waals surface area contributed by atoms with Gasteiger partial charge in [0.05, 0.1) is 6.54 Å². The van der Waals surface area contributed by atoms with Crippen LogP contribution in [0, 0.1) is 6.92 Å². The Kier molecular flexibility index (Phi) is 5.46. The van der Waals surface area contributed by atoms with Crippen molar-refractivity contribution in [3.05, 3.63) is 48.2 Å². The van der Waals surface area contributed by atoms with Gasteiger partial charge in [-0.15, -0.1) is 0 Å². The van der Waals surface area contributed by atoms with E-state index in [4.69, 9.17) is 0 Å². The molecule has 26 heavy (non-hydrogen) atoms. The van der Waals surface area contributed by atoms with Crippen LogP contribution in [-0.2, 0) is 11.2 Å². The number of likely N-dealkylation sites (N-methyl/N-ethyl adjacent to an activating group) is 1. The van der Waals surface area contributed by atoms with Gasteiger partial charge in [0.15, 0.2) is 0 Å². The molecule has 1 N–H and O–H groups in total. The van der Waals surface area contributed by atoms with Gasteiger partial charge in [-0.05, 0) is 31.4 Å². The summed E-state index contributed by atoms with van der Waals surface area (Å²) in [4.78, 5) is 28.5. The molecule has 7 heteroatoms. The van der Waals surface area contributed by atoms with E-state index in [1.807, 2.05) is 30.0 Å². The third-order valence-corrected chi connectivity index (χ3v) is 4.75. The summed E-state index contributed by atoms with van der Waals surface area (Å²) < 4.78 is 0. The number of hydrogen-bond acceptors (Lipinski definition) is 6. The molecule has 0 saturated carbocycles. The largest absolute Gasteiger partial charge is 0.386 e. The molecule has 1 fully saturated rings. The predicted octanol–water partition coefficient (Wildman–Crippen LogP) is 1.21. The summed E-state index contributed by atoms with van der Waals surface area (Å²) in [5.74, 6) is 0.845. The average Bonchev–Trinajstić information content (AvgIpc) is 3.02. The first-order valence-electron chi connectivity index (χ1n) is 8.84. The third kappa shape index (κ3) is 4.54. The second-order valence-electron chi connectivity index (χ2n) is 7.02. The first-order chi connectivity index (χ1) is 12.5. The zero-order valence-electron chi connectivity index (χ0n) is 15.3. The van der Waals surface area contributed by atoms with Crippen molar-refractivity contribution in [1.29, 1.82) is 0 Å². The summed E-state index contributed by atoms with van der Waals surface area (Å²) in [6.07, 6.45) is 6.71. The van der Waals surface area contributed by atoms with Crippen LogP contribution in [-0.4, -0.2) is 63.1 Å². The molecule has 3 rings (SSSR count). The van der Waals surface area contributed by atoms with Crippen molar-refractivity contribution >= 4 is 11.7 Å². The zero-order valence-corrected chi connectivity index (χ0v) is 15.3. The second-order valence-corrected chi connectivity index (χ2v) is 7.02. The topological polar surface area (TPSA) is 82.5 Å². The van der Waals surface area contributed by atoms with Crippen LogP contribution in [0.5, 0.6) is 0 Å². The summed E-state index contributed by atoms with van der Waals surface area (Å²) in [6.45, 7) is 3.41. The lowest BCUT2D eigenvalue weighted by Gasteiger charge is -2.29. The molecule has 3 heterocycles. The molecule has 1 saturated heterocycles. The van der Waals surface area contributed by atoms with E-state index in [2.05, 4.69) is 15.0 Å². The van der Waals surface area contributed by atoms with Gasteiger partial charge in [0, 0.05) is 50.7 Å². The second kappa shape index (κ2) is 7.78. The number of carbonyl (C=O) groups excluding carboxylic acids is 1. The van der Waals surface area contributed by atoms with Gasteiger partial charge < -0.3 is 14.9 Å². The van der Waals surface area contributed by atoms with Crippen molar-refractivity contribution < 1.29 is 9.90 Å². The minimum atomic E-state index is -0.919. The zero-order chi connectivity index (χ0) is 18.6. The molecular formula is C19H25N5O2. The van der Waals surface area contributed by atoms with Crippen LogP contribution >= 0.6 is 0 Å². The van der Waals surface area contributed by atoms with E-state index in [1.165, 1.54) is 6.33 Å². The van der Waals surface area contributed by atoms with Gasteiger partial charge >= 0.3 is 0 Å². The lowest BCUT2D eigenvalue weighted by atomic mass is 10.0. The van der Waals surface area contributed by atoms with E-state index in [0.717, 1.165) is 17.1 Å². The van der Waals surface area contributed by atoms with Crippen molar-refractivity contribution in [2.24, 2.45) is 0 Å². The number of aryl methyl sites for hydroxylation is 2. The van der Waals surface area contributed by atoms with Crippen LogP contribution in [0.25, 0.3) is 0 Å². The van der Waals surface area contributed by atoms with Gasteiger partial charge in [-0.2, -0.15) is 0 Å². The molecule has 0 bridgehead atoms. The summed E-state index contributed by atoms with van der Waals surface area (Å²) in [5, 5.41) is 10.9. The number of pyridine rings is 1. The quantitative estimate of drug-likeness (QED) is 0.839. The first-order valence-corrected chi connectivity index (χ1v) is 8.84. The maximum Gasteiger partial charge on any atom is 0.222 e. The van der Waals surface area contributed by atoms with Crippen molar-refractivity contribution in [3.63, 3.8) is 0 Å². The van der Waals surface area contributed by atoms with Crippen molar-refractivity contribution in [2.75, 3.05) is 31.6 Å². The summed E-state index contributed by atoms with van der Waals surface area (Å²) in [7, 11) is 1.75. The monoisotopic (exact) mass is 355 g/mol. The van der Waals surface area contributed by atoms with Gasteiger partial charge in [-0.25, -0.2) is 9.97 Å². The number of amides is 1. The third-order valence-electron chi connectivity index (χ3n) is 4.75. The van der Waals surface area contributed by atoms with Gasteiger partial charge in [0.25, 0.3) is 0 Å². The number of carbonyl (C=O) groups is 1. The fraction of sp³-hybridized carbons (Fsp3) is 0.474. The number of aliphatic hydroxyl groups is 1. The highest BCUT2D eigenvalue weighted by atomic mass is 16.3. The van der Waals surface area contributed by atoms with Crippen LogP contribution in [0.2, 0.25) is 0 Å². The molecule has 2 aromatic heterocycles. The standard InChI is InChI=1S/C19H25N5O2/c1-15-10-17(22-14-21-15)24-9-7-19(26,13-24)12-23(2)18(25)6-5-16-4-3-8-20-11-16/h3-4,8,10-11,14,26H,5-7,9,12-13H2,1-2H3/t19-/m1/s1. The van der Waals surface area contributed by atoms with Crippen LogP contribution in [0.15, 0.2) is 36.9 Å². The molecule has 1 aliphatic rings. The van der Waals surface area contributed by atoms with Crippen LogP contribution < -0.4 is 4.90 Å². The fourth-order valence-electron chi connectivity index (χ4n) is 3.31. The van der Waals surface area contributed by atoms with Crippen LogP contribution in [0.1, 0.15) is 24.1 Å². The molecule has 2 aromatic rings. The molecular weight excluding hydrogens is 330 g/mol. The van der Waals surface area contributed by atoms with Gasteiger partial charge in [0.2, 0.25) is 5.91 Å². The summed E-state index contributed by atoms with van der Waals surface area (Å²) in [6, 6.07) is 5.75. The number of rotatable bonds is 6. The smallest absolute Gasteiger partial charge is 0.222 e. The summed E-state index contributed by atoms with van der Waals surface area (Å²) in [5.41, 5.74) is 1.02. The molecule has 0 aromatic carbocycles. The van der Waals surface area contributed by atoms with E-state index in [0.29, 0.717) is 38.9 Å². The van der Waals surface area contributed by atoms with Crippen LogP contribution in [0.3, 0.4) is 0 Å². The molecule has 0 unspecified atom stereocenters. The molecule has 7 nitrogen and oxygen atoms in total. The Morgan fingerprint density at radius 2 is 2.27 bits per heavy atom. The number of anilines is 1. The maximum absolute atomic E-state index is 12.4. The van der Waals surface area contributed by atoms with E-state index < -0.39 is 5.60 Å². The Morgan fingerprint density at radius 1 is 1.42 bits per heavy atom. The van der Waals surface area contributed by atoms with Gasteiger partial charge in [-0.1, -0.05) is 6.07 Å². The minimum absolute atomic E-state index is 0.0265. The van der Waals surface area contributed by atoms with Crippen molar-refractivity contribution in [2.45, 2.75) is 31.8 Å². The Bertz CT molecular complexity index is 755. The number of β-amino-alcohol motifs (C(OH)–C–C–N with tert-alkyl or cyclic N) is 1. The van der Waals surface area contributed by atoms with Gasteiger partial charge in [0.1, 0.15) is 17.7 Å². The molecule has 0 spiro atoms. The Labute approximate surface area is 153 Å². The van der Waals surface area contributed by atoms with E-state index in [9.17, 15) is 9.90 Å². The Morgan fingerprint density at radius 3 is 3.00 bits per heavy atom. The molecule has 1 atom stereocenters. The Hall–Kier alpha value is -2.54. The fourth-order valence-corrected chi connectivity index (χ4v) is 3.31. The first kappa shape index (κ1) is 18.3. The minimum Gasteiger partial charge on any atom is -0.386 e. The van der Waals surface area contributed by atoms with Crippen molar-refractivity contribution in [3.8, 4) is 0 Å². The highest BCUT2D eigenvalue weighted by molar-refractivity contribution is 5.76.